The molecule has 0 aliphatic heterocycles. The van der Waals surface area contributed by atoms with E-state index in [-0.39, 0.29) is 0 Å². The Morgan fingerprint density at radius 2 is 1.72 bits per heavy atom. The predicted molar refractivity (Wildman–Crippen MR) is 113 cm³/mol. The van der Waals surface area contributed by atoms with E-state index >= 15 is 0 Å². The summed E-state index contributed by atoms with van der Waals surface area (Å²) >= 11 is 0. The van der Waals surface area contributed by atoms with E-state index in [0.29, 0.717) is 0 Å². The summed E-state index contributed by atoms with van der Waals surface area (Å²) in [6.07, 6.45) is 5.46. The molecule has 0 saturated heterocycles. The molecule has 0 amide bonds. The largest absolute Gasteiger partial charge is 0.468 e. The van der Waals surface area contributed by atoms with Gasteiger partial charge >= 0.3 is 0 Å². The van der Waals surface area contributed by atoms with E-state index in [2.05, 4.69) is 58.7 Å². The van der Waals surface area contributed by atoms with Crippen LogP contribution in [-0.4, -0.2) is 19.7 Å². The molecule has 0 spiro atoms. The molecule has 0 saturated carbocycles. The van der Waals surface area contributed by atoms with Crippen LogP contribution in [0, 0.1) is 13.8 Å². The molecule has 29 heavy (non-hydrogen) atoms. The molecule has 5 heteroatoms. The van der Waals surface area contributed by atoms with Crippen molar-refractivity contribution in [3.05, 3.63) is 107 Å². The number of benzene rings is 1. The molecule has 3 heterocycles. The minimum absolute atomic E-state index is 0.741. The molecule has 5 nitrogen and oxygen atoms in total. The van der Waals surface area contributed by atoms with Crippen LogP contribution in [0.4, 0.5) is 0 Å². The molecule has 1 aromatic carbocycles. The average Bonchev–Trinajstić information content (AvgIpc) is 3.33. The number of furan rings is 1. The fourth-order valence-electron chi connectivity index (χ4n) is 3.64. The smallest absolute Gasteiger partial charge is 0.117 e. The van der Waals surface area contributed by atoms with Crippen molar-refractivity contribution in [3.8, 4) is 0 Å². The normalized spacial score (nSPS) is 11.3. The topological polar surface area (TPSA) is 47.1 Å². The number of hydrogen-bond acceptors (Lipinski definition) is 4. The molecule has 4 aromatic rings. The number of aryl methyl sites for hydroxylation is 1. The van der Waals surface area contributed by atoms with Crippen LogP contribution < -0.4 is 0 Å². The highest BCUT2D eigenvalue weighted by Crippen LogP contribution is 2.20. The maximum atomic E-state index is 5.61. The molecule has 0 radical (unpaired) electrons. The second-order valence-electron chi connectivity index (χ2n) is 7.38. The Balaban J connectivity index is 1.56. The van der Waals surface area contributed by atoms with Gasteiger partial charge in [-0.25, -0.2) is 0 Å². The Morgan fingerprint density at radius 1 is 0.897 bits per heavy atom. The monoisotopic (exact) mass is 386 g/mol. The van der Waals surface area contributed by atoms with Gasteiger partial charge in [-0.15, -0.1) is 0 Å². The Hall–Kier alpha value is -3.18. The summed E-state index contributed by atoms with van der Waals surface area (Å²) in [4.78, 5) is 6.64. The van der Waals surface area contributed by atoms with Crippen molar-refractivity contribution in [2.24, 2.45) is 0 Å². The summed E-state index contributed by atoms with van der Waals surface area (Å²) in [7, 11) is 0. The summed E-state index contributed by atoms with van der Waals surface area (Å²) in [5, 5.41) is 4.82. The van der Waals surface area contributed by atoms with Crippen LogP contribution in [0.3, 0.4) is 0 Å². The van der Waals surface area contributed by atoms with Crippen LogP contribution in [0.15, 0.2) is 77.7 Å². The zero-order valence-electron chi connectivity index (χ0n) is 17.0. The average molecular weight is 386 g/mol. The van der Waals surface area contributed by atoms with Gasteiger partial charge in [0.05, 0.1) is 25.0 Å². The molecule has 0 unspecified atom stereocenters. The van der Waals surface area contributed by atoms with Gasteiger partial charge in [0, 0.05) is 36.7 Å². The lowest BCUT2D eigenvalue weighted by Gasteiger charge is -2.21. The lowest BCUT2D eigenvalue weighted by Crippen LogP contribution is -2.23. The van der Waals surface area contributed by atoms with E-state index in [1.54, 1.807) is 6.26 Å². The molecular weight excluding hydrogens is 360 g/mol. The number of aromatic nitrogens is 3. The first-order valence-corrected chi connectivity index (χ1v) is 9.89. The van der Waals surface area contributed by atoms with Gasteiger partial charge in [-0.05, 0) is 43.2 Å². The zero-order valence-corrected chi connectivity index (χ0v) is 17.0. The molecule has 3 aromatic heterocycles. The minimum Gasteiger partial charge on any atom is -0.468 e. The lowest BCUT2D eigenvalue weighted by molar-refractivity contribution is 0.225. The van der Waals surface area contributed by atoms with E-state index in [0.717, 1.165) is 37.6 Å². The van der Waals surface area contributed by atoms with Gasteiger partial charge in [-0.3, -0.25) is 14.6 Å². The number of hydrogen-bond donors (Lipinski definition) is 0. The Morgan fingerprint density at radius 3 is 2.45 bits per heavy atom. The molecule has 0 N–H and O–H groups in total. The number of nitrogens with zero attached hydrogens (tertiary/aromatic N) is 4. The standard InChI is InChI=1S/C24H26N4O/c1-19-24(20(2)28(26-19)16-21-8-4-3-5-9-21)18-27(17-23-11-7-13-29-23)15-22-10-6-12-25-14-22/h3-14H,15-18H2,1-2H3. The van der Waals surface area contributed by atoms with E-state index in [1.165, 1.54) is 22.4 Å². The van der Waals surface area contributed by atoms with Gasteiger partial charge in [0.2, 0.25) is 0 Å². The molecular formula is C24H26N4O. The molecule has 0 aliphatic carbocycles. The van der Waals surface area contributed by atoms with Crippen LogP contribution in [0.1, 0.15) is 33.8 Å². The maximum Gasteiger partial charge on any atom is 0.117 e. The van der Waals surface area contributed by atoms with E-state index in [4.69, 9.17) is 9.52 Å². The summed E-state index contributed by atoms with van der Waals surface area (Å²) in [5.74, 6) is 0.959. The quantitative estimate of drug-likeness (QED) is 0.439. The third-order valence-corrected chi connectivity index (χ3v) is 5.18. The fraction of sp³-hybridized carbons (Fsp3) is 0.250. The van der Waals surface area contributed by atoms with Crippen molar-refractivity contribution in [2.75, 3.05) is 0 Å². The SMILES string of the molecule is Cc1nn(Cc2ccccc2)c(C)c1CN(Cc1cccnc1)Cc1ccco1. The molecule has 4 rings (SSSR count). The summed E-state index contributed by atoms with van der Waals surface area (Å²) in [5.41, 5.74) is 6.01. The summed E-state index contributed by atoms with van der Waals surface area (Å²) in [6, 6.07) is 18.5. The molecule has 148 valence electrons. The van der Waals surface area contributed by atoms with Crippen molar-refractivity contribution in [2.45, 2.75) is 40.0 Å². The van der Waals surface area contributed by atoms with Crippen molar-refractivity contribution in [1.29, 1.82) is 0 Å². The second kappa shape index (κ2) is 8.88. The highest BCUT2D eigenvalue weighted by atomic mass is 16.3. The summed E-state index contributed by atoms with van der Waals surface area (Å²) < 4.78 is 7.71. The maximum absolute atomic E-state index is 5.61. The van der Waals surface area contributed by atoms with Crippen molar-refractivity contribution in [1.82, 2.24) is 19.7 Å². The van der Waals surface area contributed by atoms with Crippen LogP contribution in [-0.2, 0) is 26.2 Å². The van der Waals surface area contributed by atoms with Crippen LogP contribution in [0.25, 0.3) is 0 Å². The molecule has 0 atom stereocenters. The number of rotatable bonds is 8. The minimum atomic E-state index is 0.741. The highest BCUT2D eigenvalue weighted by molar-refractivity contribution is 5.26. The lowest BCUT2D eigenvalue weighted by atomic mass is 10.1. The first-order chi connectivity index (χ1) is 14.2. The third-order valence-electron chi connectivity index (χ3n) is 5.18. The van der Waals surface area contributed by atoms with Gasteiger partial charge in [-0.1, -0.05) is 36.4 Å². The van der Waals surface area contributed by atoms with Crippen molar-refractivity contribution in [3.63, 3.8) is 0 Å². The van der Waals surface area contributed by atoms with Gasteiger partial charge in [0.15, 0.2) is 0 Å². The van der Waals surface area contributed by atoms with Gasteiger partial charge in [0.25, 0.3) is 0 Å². The first kappa shape index (κ1) is 19.2. The van der Waals surface area contributed by atoms with Crippen LogP contribution >= 0.6 is 0 Å². The predicted octanol–water partition coefficient (Wildman–Crippen LogP) is 4.74. The highest BCUT2D eigenvalue weighted by Gasteiger charge is 2.17. The zero-order chi connectivity index (χ0) is 20.1. The van der Waals surface area contributed by atoms with Gasteiger partial charge < -0.3 is 4.42 Å². The first-order valence-electron chi connectivity index (χ1n) is 9.89. The second-order valence-corrected chi connectivity index (χ2v) is 7.38. The van der Waals surface area contributed by atoms with E-state index < -0.39 is 0 Å². The Labute approximate surface area is 171 Å². The van der Waals surface area contributed by atoms with Crippen molar-refractivity contribution >= 4 is 0 Å². The molecule has 0 bridgehead atoms. The Bertz CT molecular complexity index is 1020. The number of pyridine rings is 1. The fourth-order valence-corrected chi connectivity index (χ4v) is 3.64. The van der Waals surface area contributed by atoms with Gasteiger partial charge in [0.1, 0.15) is 5.76 Å². The summed E-state index contributed by atoms with van der Waals surface area (Å²) in [6.45, 7) is 7.39. The van der Waals surface area contributed by atoms with Gasteiger partial charge in [-0.2, -0.15) is 5.10 Å². The third kappa shape index (κ3) is 4.81. The van der Waals surface area contributed by atoms with Crippen LogP contribution in [0.5, 0.6) is 0 Å². The Kier molecular flexibility index (Phi) is 5.86. The molecule has 0 aliphatic rings. The van der Waals surface area contributed by atoms with E-state index in [1.807, 2.05) is 36.7 Å². The van der Waals surface area contributed by atoms with Crippen molar-refractivity contribution < 1.29 is 4.42 Å². The molecule has 0 fully saturated rings. The van der Waals surface area contributed by atoms with Crippen LogP contribution in [0.2, 0.25) is 0 Å². The van der Waals surface area contributed by atoms with E-state index in [9.17, 15) is 0 Å².